The Morgan fingerprint density at radius 2 is 2.00 bits per heavy atom. The summed E-state index contributed by atoms with van der Waals surface area (Å²) in [5.41, 5.74) is 2.66. The molecule has 0 aliphatic heterocycles. The van der Waals surface area contributed by atoms with E-state index in [2.05, 4.69) is 4.98 Å². The Hall–Kier alpha value is -2.67. The lowest BCUT2D eigenvalue weighted by Gasteiger charge is -2.16. The van der Waals surface area contributed by atoms with Crippen molar-refractivity contribution in [2.24, 2.45) is 0 Å². The average molecular weight is 250 g/mol. The van der Waals surface area contributed by atoms with Crippen molar-refractivity contribution in [2.75, 3.05) is 0 Å². The van der Waals surface area contributed by atoms with E-state index in [0.717, 1.165) is 5.56 Å². The van der Waals surface area contributed by atoms with Crippen LogP contribution < -0.4 is 0 Å². The monoisotopic (exact) mass is 250 g/mol. The van der Waals surface area contributed by atoms with Crippen LogP contribution in [0.2, 0.25) is 0 Å². The summed E-state index contributed by atoms with van der Waals surface area (Å²) in [4.78, 5) is 5.41. The van der Waals surface area contributed by atoms with Crippen LogP contribution in [0.5, 0.6) is 0 Å². The fraction of sp³-hybridized carbons (Fsp3) is 0.133. The van der Waals surface area contributed by atoms with E-state index < -0.39 is 0 Å². The maximum absolute atomic E-state index is 9.18. The van der Waals surface area contributed by atoms with Gasteiger partial charge in [-0.05, 0) is 24.6 Å². The van der Waals surface area contributed by atoms with Gasteiger partial charge in [0.1, 0.15) is 5.69 Å². The van der Waals surface area contributed by atoms with E-state index in [1.807, 2.05) is 37.4 Å². The number of nitrogens with one attached hydrogen (secondary N) is 1. The molecule has 0 bridgehead atoms. The molecule has 1 aromatic carbocycles. The lowest BCUT2D eigenvalue weighted by atomic mass is 10.1. The Bertz CT molecular complexity index is 596. The number of nitrogens with zero attached hydrogens (tertiary/aromatic N) is 3. The van der Waals surface area contributed by atoms with E-state index in [1.54, 1.807) is 24.4 Å². The molecule has 19 heavy (non-hydrogen) atoms. The van der Waals surface area contributed by atoms with Crippen LogP contribution in [0.25, 0.3) is 0 Å². The SMILES string of the molecule is Cc1ccc(CN(C#N)C(=N)c2ccccn2)cc1. The predicted molar refractivity (Wildman–Crippen MR) is 73.4 cm³/mol. The predicted octanol–water partition coefficient (Wildman–Crippen LogP) is 2.70. The minimum absolute atomic E-state index is 0.115. The van der Waals surface area contributed by atoms with Crippen molar-refractivity contribution in [3.63, 3.8) is 0 Å². The second-order valence-electron chi connectivity index (χ2n) is 4.24. The molecule has 1 heterocycles. The zero-order valence-electron chi connectivity index (χ0n) is 10.7. The molecule has 0 unspecified atom stereocenters. The lowest BCUT2D eigenvalue weighted by molar-refractivity contribution is 0.566. The van der Waals surface area contributed by atoms with Gasteiger partial charge in [0.15, 0.2) is 12.0 Å². The highest BCUT2D eigenvalue weighted by Gasteiger charge is 2.12. The highest BCUT2D eigenvalue weighted by Crippen LogP contribution is 2.09. The molecular formula is C15H14N4. The number of hydrogen-bond acceptors (Lipinski definition) is 3. The van der Waals surface area contributed by atoms with Gasteiger partial charge in [-0.25, -0.2) is 0 Å². The van der Waals surface area contributed by atoms with Crippen molar-refractivity contribution in [1.29, 1.82) is 10.7 Å². The lowest BCUT2D eigenvalue weighted by Crippen LogP contribution is -2.26. The van der Waals surface area contributed by atoms with E-state index in [4.69, 9.17) is 5.41 Å². The summed E-state index contributed by atoms with van der Waals surface area (Å²) in [6.45, 7) is 2.40. The molecule has 2 rings (SSSR count). The third kappa shape index (κ3) is 3.17. The zero-order chi connectivity index (χ0) is 13.7. The van der Waals surface area contributed by atoms with Gasteiger partial charge in [0, 0.05) is 6.20 Å². The second kappa shape index (κ2) is 5.78. The molecule has 0 atom stereocenters. The first-order valence-electron chi connectivity index (χ1n) is 5.93. The Balaban J connectivity index is 2.15. The molecule has 1 aromatic heterocycles. The highest BCUT2D eigenvalue weighted by atomic mass is 15.2. The van der Waals surface area contributed by atoms with Crippen LogP contribution in [0.4, 0.5) is 0 Å². The Kier molecular flexibility index (Phi) is 3.89. The van der Waals surface area contributed by atoms with Gasteiger partial charge < -0.3 is 0 Å². The summed E-state index contributed by atoms with van der Waals surface area (Å²) in [5.74, 6) is 0.115. The summed E-state index contributed by atoms with van der Waals surface area (Å²) in [6, 6.07) is 13.2. The fourth-order valence-corrected chi connectivity index (χ4v) is 1.68. The topological polar surface area (TPSA) is 63.8 Å². The normalized spacial score (nSPS) is 9.68. The molecular weight excluding hydrogens is 236 g/mol. The van der Waals surface area contributed by atoms with Crippen LogP contribution >= 0.6 is 0 Å². The number of aryl methyl sites for hydroxylation is 1. The molecule has 1 N–H and O–H groups in total. The maximum atomic E-state index is 9.18. The van der Waals surface area contributed by atoms with Gasteiger partial charge in [-0.15, -0.1) is 0 Å². The van der Waals surface area contributed by atoms with Gasteiger partial charge in [0.25, 0.3) is 0 Å². The van der Waals surface area contributed by atoms with Crippen molar-refractivity contribution >= 4 is 5.84 Å². The molecule has 0 radical (unpaired) electrons. The van der Waals surface area contributed by atoms with E-state index in [1.165, 1.54) is 10.5 Å². The van der Waals surface area contributed by atoms with Gasteiger partial charge >= 0.3 is 0 Å². The minimum Gasteiger partial charge on any atom is -0.282 e. The van der Waals surface area contributed by atoms with Crippen molar-refractivity contribution < 1.29 is 0 Å². The average Bonchev–Trinajstić information content (AvgIpc) is 2.47. The van der Waals surface area contributed by atoms with E-state index in [0.29, 0.717) is 12.2 Å². The number of benzene rings is 1. The Morgan fingerprint density at radius 3 is 2.58 bits per heavy atom. The van der Waals surface area contributed by atoms with Gasteiger partial charge in [-0.2, -0.15) is 5.26 Å². The van der Waals surface area contributed by atoms with E-state index >= 15 is 0 Å². The number of amidine groups is 1. The molecule has 4 heteroatoms. The maximum Gasteiger partial charge on any atom is 0.185 e. The van der Waals surface area contributed by atoms with Crippen molar-refractivity contribution in [3.8, 4) is 6.19 Å². The Labute approximate surface area is 112 Å². The van der Waals surface area contributed by atoms with Crippen LogP contribution in [0.3, 0.4) is 0 Å². The van der Waals surface area contributed by atoms with Gasteiger partial charge in [-0.3, -0.25) is 15.3 Å². The first-order chi connectivity index (χ1) is 9.20. The molecule has 0 amide bonds. The quantitative estimate of drug-likeness (QED) is 0.394. The number of pyridine rings is 1. The molecule has 0 saturated carbocycles. The first kappa shape index (κ1) is 12.8. The third-order valence-corrected chi connectivity index (χ3v) is 2.76. The summed E-state index contributed by atoms with van der Waals surface area (Å²) < 4.78 is 0. The van der Waals surface area contributed by atoms with Gasteiger partial charge in [0.2, 0.25) is 0 Å². The van der Waals surface area contributed by atoms with Crippen molar-refractivity contribution in [3.05, 3.63) is 65.5 Å². The summed E-state index contributed by atoms with van der Waals surface area (Å²) >= 11 is 0. The van der Waals surface area contributed by atoms with Crippen LogP contribution in [0.1, 0.15) is 16.8 Å². The standard InChI is InChI=1S/C15H14N4/c1-12-5-7-13(8-6-12)10-19(11-16)15(17)14-4-2-3-9-18-14/h2-9,17H,10H2,1H3. The van der Waals surface area contributed by atoms with Crippen molar-refractivity contribution in [1.82, 2.24) is 9.88 Å². The summed E-state index contributed by atoms with van der Waals surface area (Å²) in [6.07, 6.45) is 3.65. The van der Waals surface area contributed by atoms with Gasteiger partial charge in [-0.1, -0.05) is 35.9 Å². The molecule has 94 valence electrons. The number of hydrogen-bond donors (Lipinski definition) is 1. The molecule has 0 saturated heterocycles. The molecule has 2 aromatic rings. The first-order valence-corrected chi connectivity index (χ1v) is 5.93. The zero-order valence-corrected chi connectivity index (χ0v) is 10.7. The van der Waals surface area contributed by atoms with Crippen LogP contribution in [-0.2, 0) is 6.54 Å². The summed E-state index contributed by atoms with van der Waals surface area (Å²) in [7, 11) is 0. The van der Waals surface area contributed by atoms with Gasteiger partial charge in [0.05, 0.1) is 6.54 Å². The molecule has 0 spiro atoms. The highest BCUT2D eigenvalue weighted by molar-refractivity contribution is 5.95. The smallest absolute Gasteiger partial charge is 0.185 e. The fourth-order valence-electron chi connectivity index (χ4n) is 1.68. The number of nitriles is 1. The number of aromatic nitrogens is 1. The van der Waals surface area contributed by atoms with E-state index in [9.17, 15) is 5.26 Å². The van der Waals surface area contributed by atoms with Crippen LogP contribution in [0, 0.1) is 23.8 Å². The Morgan fingerprint density at radius 1 is 1.26 bits per heavy atom. The van der Waals surface area contributed by atoms with E-state index in [-0.39, 0.29) is 5.84 Å². The molecule has 0 aliphatic rings. The molecule has 4 nitrogen and oxygen atoms in total. The van der Waals surface area contributed by atoms with Crippen LogP contribution in [0.15, 0.2) is 48.7 Å². The molecule has 0 aliphatic carbocycles. The largest absolute Gasteiger partial charge is 0.282 e. The molecule has 0 fully saturated rings. The minimum atomic E-state index is 0.115. The van der Waals surface area contributed by atoms with Crippen molar-refractivity contribution in [2.45, 2.75) is 13.5 Å². The summed E-state index contributed by atoms with van der Waals surface area (Å²) in [5, 5.41) is 17.2. The third-order valence-electron chi connectivity index (χ3n) is 2.76. The number of rotatable bonds is 3. The second-order valence-corrected chi connectivity index (χ2v) is 4.24. The van der Waals surface area contributed by atoms with Crippen LogP contribution in [-0.4, -0.2) is 15.7 Å².